The summed E-state index contributed by atoms with van der Waals surface area (Å²) in [6.07, 6.45) is -0.961. The van der Waals surface area contributed by atoms with Crippen LogP contribution in [0.4, 0.5) is 0 Å². The molecule has 1 saturated heterocycles. The lowest BCUT2D eigenvalue weighted by Gasteiger charge is -2.40. The van der Waals surface area contributed by atoms with Crippen molar-refractivity contribution in [2.75, 3.05) is 6.61 Å². The van der Waals surface area contributed by atoms with Crippen molar-refractivity contribution in [3.8, 4) is 0 Å². The van der Waals surface area contributed by atoms with Crippen LogP contribution >= 0.6 is 11.8 Å². The third-order valence-electron chi connectivity index (χ3n) is 3.96. The molecule has 0 aliphatic carbocycles. The molecule has 2 rings (SSSR count). The topological polar surface area (TPSA) is 71.1 Å². The summed E-state index contributed by atoms with van der Waals surface area (Å²) in [7, 11) is 0. The molecule has 7 heteroatoms. The van der Waals surface area contributed by atoms with Crippen LogP contribution in [0.5, 0.6) is 0 Å². The Morgan fingerprint density at radius 3 is 2.48 bits per heavy atom. The van der Waals surface area contributed by atoms with Crippen LogP contribution in [0, 0.1) is 0 Å². The van der Waals surface area contributed by atoms with E-state index in [1.165, 1.54) is 13.8 Å². The fourth-order valence-corrected chi connectivity index (χ4v) is 4.21. The normalized spacial score (nSPS) is 25.2. The molecule has 0 N–H and O–H groups in total. The maximum atomic E-state index is 11.5. The Labute approximate surface area is 164 Å². The minimum atomic E-state index is -0.710. The van der Waals surface area contributed by atoms with E-state index in [1.54, 1.807) is 11.8 Å². The summed E-state index contributed by atoms with van der Waals surface area (Å²) in [4.78, 5) is 22.8. The van der Waals surface area contributed by atoms with Crippen LogP contribution in [-0.4, -0.2) is 47.5 Å². The largest absolute Gasteiger partial charge is 0.463 e. The molecule has 4 atom stereocenters. The van der Waals surface area contributed by atoms with E-state index in [1.807, 2.05) is 30.3 Å². The Morgan fingerprint density at radius 2 is 1.89 bits per heavy atom. The first-order chi connectivity index (χ1) is 12.8. The standard InChI is InChI=1S/C20H28O6S/c1-13(2)27-19-10-17(25-15(4)22)20(26-18(19)12-23-14(3)21)24-11-16-8-6-5-7-9-16/h5-9,13,17-20H,10-12H2,1-4H3/t17-,18-,19-,20+/m1/s1. The van der Waals surface area contributed by atoms with E-state index >= 15 is 0 Å². The maximum Gasteiger partial charge on any atom is 0.303 e. The number of esters is 2. The van der Waals surface area contributed by atoms with Gasteiger partial charge in [0.2, 0.25) is 0 Å². The molecule has 0 spiro atoms. The molecule has 0 unspecified atom stereocenters. The van der Waals surface area contributed by atoms with Gasteiger partial charge in [0.1, 0.15) is 12.7 Å². The van der Waals surface area contributed by atoms with E-state index < -0.39 is 12.4 Å². The van der Waals surface area contributed by atoms with Crippen molar-refractivity contribution in [3.63, 3.8) is 0 Å². The van der Waals surface area contributed by atoms with E-state index in [2.05, 4.69) is 13.8 Å². The lowest BCUT2D eigenvalue weighted by Crippen LogP contribution is -2.50. The minimum absolute atomic E-state index is 0.0327. The van der Waals surface area contributed by atoms with Crippen molar-refractivity contribution >= 4 is 23.7 Å². The monoisotopic (exact) mass is 396 g/mol. The smallest absolute Gasteiger partial charge is 0.303 e. The molecule has 150 valence electrons. The Morgan fingerprint density at radius 1 is 1.19 bits per heavy atom. The highest BCUT2D eigenvalue weighted by Crippen LogP contribution is 2.34. The number of thioether (sulfide) groups is 1. The van der Waals surface area contributed by atoms with Crippen LogP contribution in [0.1, 0.15) is 39.7 Å². The van der Waals surface area contributed by atoms with E-state index in [9.17, 15) is 9.59 Å². The highest BCUT2D eigenvalue weighted by Gasteiger charge is 2.41. The summed E-state index contributed by atoms with van der Waals surface area (Å²) < 4.78 is 22.7. The van der Waals surface area contributed by atoms with Crippen LogP contribution in [0.25, 0.3) is 0 Å². The van der Waals surface area contributed by atoms with Crippen molar-refractivity contribution in [2.24, 2.45) is 0 Å². The lowest BCUT2D eigenvalue weighted by molar-refractivity contribution is -0.254. The molecule has 1 heterocycles. The molecule has 0 radical (unpaired) electrons. The van der Waals surface area contributed by atoms with E-state index in [0.29, 0.717) is 18.3 Å². The Bertz CT molecular complexity index is 606. The van der Waals surface area contributed by atoms with Crippen molar-refractivity contribution in [3.05, 3.63) is 35.9 Å². The Balaban J connectivity index is 2.09. The number of carbonyl (C=O) groups excluding carboxylic acids is 2. The second-order valence-corrected chi connectivity index (χ2v) is 8.57. The molecule has 0 saturated carbocycles. The molecule has 27 heavy (non-hydrogen) atoms. The number of hydrogen-bond acceptors (Lipinski definition) is 7. The predicted octanol–water partition coefficient (Wildman–Crippen LogP) is 3.32. The van der Waals surface area contributed by atoms with E-state index in [0.717, 1.165) is 5.56 Å². The van der Waals surface area contributed by atoms with Crippen LogP contribution in [-0.2, 0) is 35.1 Å². The fourth-order valence-electron chi connectivity index (χ4n) is 2.89. The quantitative estimate of drug-likeness (QED) is 0.624. The van der Waals surface area contributed by atoms with Gasteiger partial charge in [-0.05, 0) is 10.8 Å². The first kappa shape index (κ1) is 21.7. The SMILES string of the molecule is CC(=O)OC[C@H]1O[C@H](OCc2ccccc2)[C@H](OC(C)=O)C[C@H]1SC(C)C. The van der Waals surface area contributed by atoms with Gasteiger partial charge in [0.05, 0.1) is 6.61 Å². The molecule has 0 bridgehead atoms. The molecule has 1 aromatic carbocycles. The van der Waals surface area contributed by atoms with Crippen molar-refractivity contribution < 1.29 is 28.5 Å². The van der Waals surface area contributed by atoms with E-state index in [4.69, 9.17) is 18.9 Å². The zero-order chi connectivity index (χ0) is 19.8. The van der Waals surface area contributed by atoms with Crippen LogP contribution in [0.3, 0.4) is 0 Å². The minimum Gasteiger partial charge on any atom is -0.463 e. The number of hydrogen-bond donors (Lipinski definition) is 0. The molecule has 1 aliphatic heterocycles. The summed E-state index contributed by atoms with van der Waals surface area (Å²) in [6, 6.07) is 9.71. The summed E-state index contributed by atoms with van der Waals surface area (Å²) in [5.41, 5.74) is 0.998. The van der Waals surface area contributed by atoms with E-state index in [-0.39, 0.29) is 29.9 Å². The molecule has 0 amide bonds. The van der Waals surface area contributed by atoms with Gasteiger partial charge in [-0.25, -0.2) is 0 Å². The van der Waals surface area contributed by atoms with Gasteiger partial charge in [0, 0.05) is 25.5 Å². The van der Waals surface area contributed by atoms with Gasteiger partial charge >= 0.3 is 11.9 Å². The molecule has 6 nitrogen and oxygen atoms in total. The highest BCUT2D eigenvalue weighted by molar-refractivity contribution is 8.00. The third kappa shape index (κ3) is 7.52. The number of benzene rings is 1. The fraction of sp³-hybridized carbons (Fsp3) is 0.600. The van der Waals surface area contributed by atoms with Crippen molar-refractivity contribution in [1.29, 1.82) is 0 Å². The molecular weight excluding hydrogens is 368 g/mol. The van der Waals surface area contributed by atoms with Crippen molar-refractivity contribution in [2.45, 2.75) is 69.7 Å². The van der Waals surface area contributed by atoms with Gasteiger partial charge in [-0.1, -0.05) is 44.2 Å². The number of ether oxygens (including phenoxy) is 4. The molecule has 0 aromatic heterocycles. The molecular formula is C20H28O6S. The van der Waals surface area contributed by atoms with Gasteiger partial charge in [-0.3, -0.25) is 9.59 Å². The average molecular weight is 397 g/mol. The number of carbonyl (C=O) groups is 2. The van der Waals surface area contributed by atoms with Crippen LogP contribution in [0.15, 0.2) is 30.3 Å². The zero-order valence-electron chi connectivity index (χ0n) is 16.3. The highest BCUT2D eigenvalue weighted by atomic mass is 32.2. The second kappa shape index (κ2) is 10.7. The number of rotatable bonds is 8. The van der Waals surface area contributed by atoms with Gasteiger partial charge in [0.15, 0.2) is 12.4 Å². The van der Waals surface area contributed by atoms with Gasteiger partial charge in [-0.2, -0.15) is 11.8 Å². The maximum absolute atomic E-state index is 11.5. The molecule has 1 aliphatic rings. The predicted molar refractivity (Wildman–Crippen MR) is 103 cm³/mol. The van der Waals surface area contributed by atoms with Crippen LogP contribution in [0.2, 0.25) is 0 Å². The molecule has 1 fully saturated rings. The van der Waals surface area contributed by atoms with Crippen LogP contribution < -0.4 is 0 Å². The van der Waals surface area contributed by atoms with Gasteiger partial charge in [0.25, 0.3) is 0 Å². The summed E-state index contributed by atoms with van der Waals surface area (Å²) >= 11 is 1.72. The Hall–Kier alpha value is -1.57. The molecule has 1 aromatic rings. The third-order valence-corrected chi connectivity index (χ3v) is 5.35. The Kier molecular flexibility index (Phi) is 8.60. The first-order valence-electron chi connectivity index (χ1n) is 9.12. The average Bonchev–Trinajstić information content (AvgIpc) is 2.59. The summed E-state index contributed by atoms with van der Waals surface area (Å²) in [5, 5.41) is 0.392. The van der Waals surface area contributed by atoms with Gasteiger partial charge in [-0.15, -0.1) is 0 Å². The summed E-state index contributed by atoms with van der Waals surface area (Å²) in [6.45, 7) is 7.42. The first-order valence-corrected chi connectivity index (χ1v) is 10.1. The summed E-state index contributed by atoms with van der Waals surface area (Å²) in [5.74, 6) is -0.723. The van der Waals surface area contributed by atoms with Gasteiger partial charge < -0.3 is 18.9 Å². The lowest BCUT2D eigenvalue weighted by atomic mass is 10.1. The second-order valence-electron chi connectivity index (χ2n) is 6.75. The zero-order valence-corrected chi connectivity index (χ0v) is 17.1. The van der Waals surface area contributed by atoms with Crippen molar-refractivity contribution in [1.82, 2.24) is 0 Å².